The van der Waals surface area contributed by atoms with Crippen molar-refractivity contribution in [3.63, 3.8) is 0 Å². The van der Waals surface area contributed by atoms with Crippen molar-refractivity contribution in [2.24, 2.45) is 5.10 Å². The Kier molecular flexibility index (Phi) is 5.96. The van der Waals surface area contributed by atoms with Gasteiger partial charge in [-0.05, 0) is 47.9 Å². The fraction of sp³-hybridized carbons (Fsp3) is 0.167. The van der Waals surface area contributed by atoms with Gasteiger partial charge in [-0.1, -0.05) is 42.5 Å². The third kappa shape index (κ3) is 4.50. The van der Waals surface area contributed by atoms with Gasteiger partial charge in [0.25, 0.3) is 11.6 Å². The van der Waals surface area contributed by atoms with Gasteiger partial charge in [-0.2, -0.15) is 5.10 Å². The van der Waals surface area contributed by atoms with E-state index in [4.69, 9.17) is 0 Å². The van der Waals surface area contributed by atoms with Crippen LogP contribution in [0, 0.1) is 10.1 Å². The number of nitro groups is 1. The van der Waals surface area contributed by atoms with E-state index in [1.54, 1.807) is 37.3 Å². The first kappa shape index (κ1) is 21.2. The molecular weight excluding hydrogens is 408 g/mol. The van der Waals surface area contributed by atoms with Crippen LogP contribution in [0.5, 0.6) is 5.75 Å². The highest BCUT2D eigenvalue weighted by molar-refractivity contribution is 5.99. The van der Waals surface area contributed by atoms with Crippen molar-refractivity contribution >= 4 is 17.3 Å². The van der Waals surface area contributed by atoms with Crippen LogP contribution in [-0.2, 0) is 11.3 Å². The minimum atomic E-state index is -0.497. The van der Waals surface area contributed by atoms with E-state index in [-0.39, 0.29) is 23.9 Å². The number of hydrogen-bond acceptors (Lipinski definition) is 6. The fourth-order valence-corrected chi connectivity index (χ4v) is 3.78. The van der Waals surface area contributed by atoms with Gasteiger partial charge >= 0.3 is 0 Å². The van der Waals surface area contributed by atoms with Crippen molar-refractivity contribution in [3.05, 3.63) is 106 Å². The van der Waals surface area contributed by atoms with Crippen LogP contribution >= 0.6 is 0 Å². The molecule has 3 aromatic rings. The van der Waals surface area contributed by atoms with Crippen molar-refractivity contribution in [1.29, 1.82) is 0 Å². The Morgan fingerprint density at radius 3 is 2.47 bits per heavy atom. The smallest absolute Gasteiger partial charge is 0.269 e. The highest BCUT2D eigenvalue weighted by Gasteiger charge is 2.39. The van der Waals surface area contributed by atoms with Crippen molar-refractivity contribution < 1.29 is 14.8 Å². The molecule has 0 aromatic heterocycles. The van der Waals surface area contributed by atoms with Crippen LogP contribution < -0.4 is 0 Å². The summed E-state index contributed by atoms with van der Waals surface area (Å²) in [7, 11) is 0. The normalized spacial score (nSPS) is 17.0. The van der Waals surface area contributed by atoms with Gasteiger partial charge in [-0.15, -0.1) is 0 Å². The van der Waals surface area contributed by atoms with E-state index in [1.165, 1.54) is 17.1 Å². The molecule has 1 fully saturated rings. The Labute approximate surface area is 185 Å². The van der Waals surface area contributed by atoms with E-state index in [0.717, 1.165) is 11.1 Å². The van der Waals surface area contributed by atoms with Crippen LogP contribution in [0.3, 0.4) is 0 Å². The average Bonchev–Trinajstić information content (AvgIpc) is 3.08. The number of nitro benzene ring substituents is 1. The van der Waals surface area contributed by atoms with Gasteiger partial charge in [-0.3, -0.25) is 19.8 Å². The number of hydrazone groups is 1. The second-order valence-electron chi connectivity index (χ2n) is 7.59. The van der Waals surface area contributed by atoms with Crippen molar-refractivity contribution in [1.82, 2.24) is 9.91 Å². The predicted molar refractivity (Wildman–Crippen MR) is 120 cm³/mol. The summed E-state index contributed by atoms with van der Waals surface area (Å²) in [5, 5.41) is 26.9. The molecule has 1 amide bonds. The number of amides is 1. The van der Waals surface area contributed by atoms with Gasteiger partial charge < -0.3 is 5.11 Å². The van der Waals surface area contributed by atoms with Gasteiger partial charge in [0.1, 0.15) is 11.9 Å². The van der Waals surface area contributed by atoms with Crippen molar-refractivity contribution in [2.75, 3.05) is 6.54 Å². The Morgan fingerprint density at radius 2 is 1.81 bits per heavy atom. The number of carbonyl (C=O) groups excluding carboxylic acids is 1. The lowest BCUT2D eigenvalue weighted by molar-refractivity contribution is -0.384. The maximum atomic E-state index is 13.0. The summed E-state index contributed by atoms with van der Waals surface area (Å²) in [6.45, 7) is 2.47. The first-order chi connectivity index (χ1) is 15.4. The SMILES string of the molecule is C/C(=N/N1C(=O)CN(Cc2ccccc2)[C@H]1c1cccc(O)c1)c1ccc([N+](=O)[O-])cc1. The Hall–Kier alpha value is -4.04. The predicted octanol–water partition coefficient (Wildman–Crippen LogP) is 4.07. The van der Waals surface area contributed by atoms with Crippen LogP contribution in [-0.4, -0.2) is 38.1 Å². The number of nitrogens with zero attached hydrogens (tertiary/aromatic N) is 4. The Morgan fingerprint density at radius 1 is 1.09 bits per heavy atom. The molecule has 0 unspecified atom stereocenters. The molecule has 1 atom stereocenters. The first-order valence-corrected chi connectivity index (χ1v) is 10.1. The molecule has 0 saturated carbocycles. The number of benzene rings is 3. The number of aromatic hydroxyl groups is 1. The zero-order valence-corrected chi connectivity index (χ0v) is 17.5. The lowest BCUT2D eigenvalue weighted by Gasteiger charge is -2.28. The first-order valence-electron chi connectivity index (χ1n) is 10.1. The fourth-order valence-electron chi connectivity index (χ4n) is 3.78. The molecular formula is C24H22N4O4. The molecule has 0 aliphatic carbocycles. The molecule has 0 radical (unpaired) electrons. The molecule has 3 aromatic carbocycles. The molecule has 1 saturated heterocycles. The van der Waals surface area contributed by atoms with Crippen LogP contribution in [0.1, 0.15) is 29.8 Å². The van der Waals surface area contributed by atoms with Gasteiger partial charge in [0.15, 0.2) is 0 Å². The maximum Gasteiger partial charge on any atom is 0.269 e. The van der Waals surface area contributed by atoms with Gasteiger partial charge in [-0.25, -0.2) is 5.01 Å². The van der Waals surface area contributed by atoms with E-state index < -0.39 is 11.1 Å². The summed E-state index contributed by atoms with van der Waals surface area (Å²) in [5.74, 6) is -0.0620. The number of phenolic OH excluding ortho intramolecular Hbond substituents is 1. The minimum Gasteiger partial charge on any atom is -0.508 e. The summed E-state index contributed by atoms with van der Waals surface area (Å²) in [6, 6.07) is 22.7. The standard InChI is InChI=1S/C24H22N4O4/c1-17(19-10-12-21(13-11-19)28(31)32)25-27-23(30)16-26(15-18-6-3-2-4-7-18)24(27)20-8-5-9-22(29)14-20/h2-14,24,29H,15-16H2,1H3/b25-17-/t24-/m1/s1. The second kappa shape index (κ2) is 8.99. The Bertz CT molecular complexity index is 1160. The summed E-state index contributed by atoms with van der Waals surface area (Å²) in [4.78, 5) is 25.4. The molecule has 0 bridgehead atoms. The maximum absolute atomic E-state index is 13.0. The summed E-state index contributed by atoms with van der Waals surface area (Å²) < 4.78 is 0. The molecule has 8 nitrogen and oxygen atoms in total. The van der Waals surface area contributed by atoms with Crippen LogP contribution in [0.25, 0.3) is 0 Å². The highest BCUT2D eigenvalue weighted by atomic mass is 16.6. The number of hydrogen-bond donors (Lipinski definition) is 1. The topological polar surface area (TPSA) is 99.3 Å². The molecule has 8 heteroatoms. The van der Waals surface area contributed by atoms with Gasteiger partial charge in [0.05, 0.1) is 17.2 Å². The summed E-state index contributed by atoms with van der Waals surface area (Å²) in [5.41, 5.74) is 3.03. The largest absolute Gasteiger partial charge is 0.508 e. The number of rotatable bonds is 6. The Balaban J connectivity index is 1.69. The minimum absolute atomic E-state index is 0.00882. The third-order valence-corrected chi connectivity index (χ3v) is 5.32. The lowest BCUT2D eigenvalue weighted by atomic mass is 10.1. The van der Waals surface area contributed by atoms with E-state index in [1.807, 2.05) is 41.3 Å². The van der Waals surface area contributed by atoms with E-state index >= 15 is 0 Å². The molecule has 1 aliphatic heterocycles. The van der Waals surface area contributed by atoms with E-state index in [9.17, 15) is 20.0 Å². The molecule has 32 heavy (non-hydrogen) atoms. The third-order valence-electron chi connectivity index (χ3n) is 5.32. The van der Waals surface area contributed by atoms with Crippen LogP contribution in [0.15, 0.2) is 84.0 Å². The number of carbonyl (C=O) groups is 1. The molecule has 1 N–H and O–H groups in total. The zero-order valence-electron chi connectivity index (χ0n) is 17.5. The molecule has 1 heterocycles. The quantitative estimate of drug-likeness (QED) is 0.361. The van der Waals surface area contributed by atoms with E-state index in [0.29, 0.717) is 17.8 Å². The monoisotopic (exact) mass is 430 g/mol. The summed E-state index contributed by atoms with van der Waals surface area (Å²) >= 11 is 0. The zero-order chi connectivity index (χ0) is 22.7. The number of phenols is 1. The molecule has 4 rings (SSSR count). The van der Waals surface area contributed by atoms with Crippen molar-refractivity contribution in [3.8, 4) is 5.75 Å². The highest BCUT2D eigenvalue weighted by Crippen LogP contribution is 2.34. The number of non-ortho nitro benzene ring substituents is 1. The molecule has 1 aliphatic rings. The average molecular weight is 430 g/mol. The second-order valence-corrected chi connectivity index (χ2v) is 7.59. The molecule has 0 spiro atoms. The lowest BCUT2D eigenvalue weighted by Crippen LogP contribution is -2.29. The van der Waals surface area contributed by atoms with Gasteiger partial charge in [0.2, 0.25) is 0 Å². The van der Waals surface area contributed by atoms with Crippen LogP contribution in [0.4, 0.5) is 5.69 Å². The summed E-state index contributed by atoms with van der Waals surface area (Å²) in [6.07, 6.45) is -0.497. The van der Waals surface area contributed by atoms with Crippen molar-refractivity contribution in [2.45, 2.75) is 19.6 Å². The van der Waals surface area contributed by atoms with E-state index in [2.05, 4.69) is 5.10 Å². The molecule has 162 valence electrons. The van der Waals surface area contributed by atoms with Crippen LogP contribution in [0.2, 0.25) is 0 Å². The van der Waals surface area contributed by atoms with Gasteiger partial charge in [0, 0.05) is 18.7 Å².